The van der Waals surface area contributed by atoms with Crippen LogP contribution in [0.5, 0.6) is 0 Å². The lowest BCUT2D eigenvalue weighted by Gasteiger charge is -2.28. The van der Waals surface area contributed by atoms with E-state index in [4.69, 9.17) is 0 Å². The number of benzene rings is 1. The highest BCUT2D eigenvalue weighted by Crippen LogP contribution is 2.29. The molecule has 0 saturated heterocycles. The van der Waals surface area contributed by atoms with E-state index in [1.165, 1.54) is 7.11 Å². The van der Waals surface area contributed by atoms with Crippen molar-refractivity contribution < 1.29 is 19.1 Å². The highest BCUT2D eigenvalue weighted by atomic mass is 16.5. The molecule has 7 heteroatoms. The third kappa shape index (κ3) is 5.05. The van der Waals surface area contributed by atoms with Crippen molar-refractivity contribution in [3.8, 4) is 0 Å². The van der Waals surface area contributed by atoms with Crippen molar-refractivity contribution in [3.05, 3.63) is 35.4 Å². The molecule has 1 aliphatic rings. The second kappa shape index (κ2) is 9.33. The van der Waals surface area contributed by atoms with E-state index in [9.17, 15) is 14.4 Å². The number of ether oxygens (including phenoxy) is 1. The van der Waals surface area contributed by atoms with Crippen LogP contribution in [0.4, 0.5) is 0 Å². The van der Waals surface area contributed by atoms with Gasteiger partial charge < -0.3 is 15.4 Å². The van der Waals surface area contributed by atoms with E-state index in [1.54, 1.807) is 24.3 Å². The van der Waals surface area contributed by atoms with Crippen molar-refractivity contribution in [2.45, 2.75) is 44.7 Å². The van der Waals surface area contributed by atoms with Crippen molar-refractivity contribution in [3.63, 3.8) is 0 Å². The van der Waals surface area contributed by atoms with Crippen LogP contribution in [-0.4, -0.2) is 43.5 Å². The molecule has 0 bridgehead atoms. The van der Waals surface area contributed by atoms with Gasteiger partial charge in [-0.15, -0.1) is 0 Å². The Morgan fingerprint density at radius 3 is 2.31 bits per heavy atom. The van der Waals surface area contributed by atoms with Gasteiger partial charge in [0.1, 0.15) is 0 Å². The molecule has 0 spiro atoms. The average Bonchev–Trinajstić information content (AvgIpc) is 3.15. The SMILES string of the molecule is CCNC(=O)C1(NCC(=O)NCc2ccc(C(=O)OC)cc2)CCCC1. The van der Waals surface area contributed by atoms with Crippen LogP contribution in [0.25, 0.3) is 0 Å². The van der Waals surface area contributed by atoms with Crippen LogP contribution in [0, 0.1) is 0 Å². The Morgan fingerprint density at radius 2 is 1.73 bits per heavy atom. The molecule has 1 aliphatic carbocycles. The number of likely N-dealkylation sites (N-methyl/N-ethyl adjacent to an activating group) is 1. The van der Waals surface area contributed by atoms with Gasteiger partial charge >= 0.3 is 5.97 Å². The summed E-state index contributed by atoms with van der Waals surface area (Å²) in [6, 6.07) is 6.86. The molecule has 0 atom stereocenters. The molecule has 7 nitrogen and oxygen atoms in total. The molecule has 2 amide bonds. The Kier molecular flexibility index (Phi) is 7.15. The number of nitrogens with one attached hydrogen (secondary N) is 3. The molecule has 0 heterocycles. The minimum absolute atomic E-state index is 0.0244. The lowest BCUT2D eigenvalue weighted by Crippen LogP contribution is -2.57. The van der Waals surface area contributed by atoms with Crippen molar-refractivity contribution in [2.24, 2.45) is 0 Å². The number of esters is 1. The van der Waals surface area contributed by atoms with Crippen LogP contribution >= 0.6 is 0 Å². The Bertz CT molecular complexity index is 637. The van der Waals surface area contributed by atoms with Crippen LogP contribution < -0.4 is 16.0 Å². The topological polar surface area (TPSA) is 96.5 Å². The number of rotatable bonds is 8. The van der Waals surface area contributed by atoms with Gasteiger partial charge in [0.05, 0.1) is 24.8 Å². The van der Waals surface area contributed by atoms with Crippen LogP contribution in [0.2, 0.25) is 0 Å². The van der Waals surface area contributed by atoms with E-state index in [-0.39, 0.29) is 18.4 Å². The van der Waals surface area contributed by atoms with E-state index in [0.29, 0.717) is 18.7 Å². The van der Waals surface area contributed by atoms with Gasteiger partial charge in [0, 0.05) is 13.1 Å². The first kappa shape index (κ1) is 19.9. The van der Waals surface area contributed by atoms with Gasteiger partial charge in [0.25, 0.3) is 0 Å². The maximum atomic E-state index is 12.3. The quantitative estimate of drug-likeness (QED) is 0.603. The Balaban J connectivity index is 1.82. The largest absolute Gasteiger partial charge is 0.465 e. The monoisotopic (exact) mass is 361 g/mol. The summed E-state index contributed by atoms with van der Waals surface area (Å²) in [5, 5.41) is 8.84. The summed E-state index contributed by atoms with van der Waals surface area (Å²) in [5.74, 6) is -0.585. The number of hydrogen-bond acceptors (Lipinski definition) is 5. The highest BCUT2D eigenvalue weighted by Gasteiger charge is 2.40. The third-order valence-electron chi connectivity index (χ3n) is 4.68. The van der Waals surface area contributed by atoms with Gasteiger partial charge in [0.2, 0.25) is 11.8 Å². The molecule has 1 fully saturated rings. The van der Waals surface area contributed by atoms with Gasteiger partial charge in [-0.25, -0.2) is 4.79 Å². The molecular weight excluding hydrogens is 334 g/mol. The second-order valence-corrected chi connectivity index (χ2v) is 6.47. The standard InChI is InChI=1S/C19H27N3O4/c1-3-20-18(25)19(10-4-5-11-19)22-13-16(23)21-12-14-6-8-15(9-7-14)17(24)26-2/h6-9,22H,3-5,10-13H2,1-2H3,(H,20,25)(H,21,23). The zero-order chi connectivity index (χ0) is 19.0. The van der Waals surface area contributed by atoms with Crippen LogP contribution in [0.15, 0.2) is 24.3 Å². The smallest absolute Gasteiger partial charge is 0.337 e. The molecule has 2 rings (SSSR count). The molecule has 0 unspecified atom stereocenters. The zero-order valence-corrected chi connectivity index (χ0v) is 15.4. The predicted octanol–water partition coefficient (Wildman–Crippen LogP) is 1.13. The molecular formula is C19H27N3O4. The molecule has 3 N–H and O–H groups in total. The molecule has 0 aliphatic heterocycles. The van der Waals surface area contributed by atoms with Gasteiger partial charge in [-0.1, -0.05) is 25.0 Å². The lowest BCUT2D eigenvalue weighted by molar-refractivity contribution is -0.128. The minimum atomic E-state index is -0.629. The maximum Gasteiger partial charge on any atom is 0.337 e. The summed E-state index contributed by atoms with van der Waals surface area (Å²) in [6.45, 7) is 2.92. The van der Waals surface area contributed by atoms with Crippen molar-refractivity contribution >= 4 is 17.8 Å². The van der Waals surface area contributed by atoms with Crippen LogP contribution in [0.3, 0.4) is 0 Å². The van der Waals surface area contributed by atoms with E-state index in [0.717, 1.165) is 31.2 Å². The zero-order valence-electron chi connectivity index (χ0n) is 15.4. The van der Waals surface area contributed by atoms with Crippen LogP contribution in [0.1, 0.15) is 48.5 Å². The first-order chi connectivity index (χ1) is 12.5. The summed E-state index contributed by atoms with van der Waals surface area (Å²) in [4.78, 5) is 35.9. The molecule has 0 aromatic heterocycles. The number of carbonyl (C=O) groups excluding carboxylic acids is 3. The molecule has 26 heavy (non-hydrogen) atoms. The minimum Gasteiger partial charge on any atom is -0.465 e. The van der Waals surface area contributed by atoms with Gasteiger partial charge in [-0.3, -0.25) is 14.9 Å². The molecule has 142 valence electrons. The first-order valence-electron chi connectivity index (χ1n) is 8.98. The molecule has 0 radical (unpaired) electrons. The van der Waals surface area contributed by atoms with E-state index in [2.05, 4.69) is 20.7 Å². The number of amides is 2. The second-order valence-electron chi connectivity index (χ2n) is 6.47. The summed E-state index contributed by atoms with van der Waals surface area (Å²) < 4.78 is 4.65. The summed E-state index contributed by atoms with van der Waals surface area (Å²) in [6.07, 6.45) is 3.47. The van der Waals surface area contributed by atoms with Crippen molar-refractivity contribution in [1.82, 2.24) is 16.0 Å². The maximum absolute atomic E-state index is 12.3. The predicted molar refractivity (Wildman–Crippen MR) is 97.5 cm³/mol. The fraction of sp³-hybridized carbons (Fsp3) is 0.526. The van der Waals surface area contributed by atoms with E-state index >= 15 is 0 Å². The fourth-order valence-electron chi connectivity index (χ4n) is 3.18. The van der Waals surface area contributed by atoms with E-state index in [1.807, 2.05) is 6.92 Å². The van der Waals surface area contributed by atoms with Gasteiger partial charge in [-0.05, 0) is 37.5 Å². The molecule has 1 aromatic carbocycles. The molecule has 1 aromatic rings. The Morgan fingerprint density at radius 1 is 1.08 bits per heavy atom. The fourth-order valence-corrected chi connectivity index (χ4v) is 3.18. The number of methoxy groups -OCH3 is 1. The lowest BCUT2D eigenvalue weighted by atomic mass is 9.96. The normalized spacial score (nSPS) is 15.3. The number of hydrogen-bond donors (Lipinski definition) is 3. The Hall–Kier alpha value is -2.41. The average molecular weight is 361 g/mol. The van der Waals surface area contributed by atoms with Crippen LogP contribution in [-0.2, 0) is 20.9 Å². The Labute approximate surface area is 153 Å². The van der Waals surface area contributed by atoms with E-state index < -0.39 is 11.5 Å². The summed E-state index contributed by atoms with van der Waals surface area (Å²) in [5.41, 5.74) is 0.717. The van der Waals surface area contributed by atoms with Gasteiger partial charge in [0.15, 0.2) is 0 Å². The molecule has 1 saturated carbocycles. The van der Waals surface area contributed by atoms with Gasteiger partial charge in [-0.2, -0.15) is 0 Å². The third-order valence-corrected chi connectivity index (χ3v) is 4.68. The summed E-state index contributed by atoms with van der Waals surface area (Å²) in [7, 11) is 1.33. The van der Waals surface area contributed by atoms with Crippen molar-refractivity contribution in [2.75, 3.05) is 20.2 Å². The highest BCUT2D eigenvalue weighted by molar-refractivity contribution is 5.89. The summed E-state index contributed by atoms with van der Waals surface area (Å²) >= 11 is 0. The van der Waals surface area contributed by atoms with Crippen molar-refractivity contribution in [1.29, 1.82) is 0 Å². The first-order valence-corrected chi connectivity index (χ1v) is 8.98. The number of carbonyl (C=O) groups is 3.